The molecule has 0 bridgehead atoms. The van der Waals surface area contributed by atoms with Gasteiger partial charge in [0.1, 0.15) is 0 Å². The first-order chi connectivity index (χ1) is 7.29. The molecule has 0 spiro atoms. The number of rotatable bonds is 0. The van der Waals surface area contributed by atoms with Gasteiger partial charge in [0.05, 0.1) is 14.1 Å². The summed E-state index contributed by atoms with van der Waals surface area (Å²) in [6, 6.07) is 8.36. The summed E-state index contributed by atoms with van der Waals surface area (Å²) in [6.45, 7) is 0. The number of aryl methyl sites for hydroxylation is 2. The van der Waals surface area contributed by atoms with E-state index in [0.29, 0.717) is 0 Å². The van der Waals surface area contributed by atoms with Crippen LogP contribution in [-0.4, -0.2) is 22.1 Å². The smallest absolute Gasteiger partial charge is 0.244 e. The molecule has 2 rings (SSSR count). The highest BCUT2D eigenvalue weighted by Crippen LogP contribution is 2.07. The van der Waals surface area contributed by atoms with Crippen LogP contribution in [0.15, 0.2) is 30.6 Å². The van der Waals surface area contributed by atoms with E-state index in [0.717, 1.165) is 0 Å². The van der Waals surface area contributed by atoms with Crippen LogP contribution in [0.1, 0.15) is 0 Å². The van der Waals surface area contributed by atoms with Gasteiger partial charge in [-0.2, -0.15) is 0 Å². The van der Waals surface area contributed by atoms with Gasteiger partial charge in [-0.3, -0.25) is 4.55 Å². The minimum atomic E-state index is -4.92. The Kier molecular flexibility index (Phi) is 3.63. The predicted molar refractivity (Wildman–Crippen MR) is 56.4 cm³/mol. The lowest BCUT2D eigenvalue weighted by molar-refractivity contribution is -0.645. The van der Waals surface area contributed by atoms with Crippen LogP contribution in [0.2, 0.25) is 0 Å². The van der Waals surface area contributed by atoms with Crippen molar-refractivity contribution in [2.24, 2.45) is 14.1 Å². The van der Waals surface area contributed by atoms with E-state index in [1.54, 1.807) is 0 Å². The van der Waals surface area contributed by atoms with Gasteiger partial charge < -0.3 is 4.55 Å². The summed E-state index contributed by atoms with van der Waals surface area (Å²) in [5.74, 6) is 0. The lowest BCUT2D eigenvalue weighted by atomic mass is 10.3. The van der Waals surface area contributed by atoms with Gasteiger partial charge in [0.25, 0.3) is 0 Å². The maximum absolute atomic E-state index is 8.63. The van der Waals surface area contributed by atoms with Gasteiger partial charge >= 0.3 is 0 Å². The zero-order chi connectivity index (χ0) is 12.3. The van der Waals surface area contributed by atoms with E-state index in [1.807, 2.05) is 0 Å². The maximum atomic E-state index is 8.63. The number of nitrogens with zero attached hydrogens (tertiary/aromatic N) is 2. The molecule has 2 aromatic rings. The number of hydrogen-bond acceptors (Lipinski definition) is 3. The summed E-state index contributed by atoms with van der Waals surface area (Å²) in [5.41, 5.74) is 2.55. The van der Waals surface area contributed by atoms with E-state index in [-0.39, 0.29) is 0 Å². The summed E-state index contributed by atoms with van der Waals surface area (Å²) in [4.78, 5) is 0. The number of para-hydroxylation sites is 2. The third-order valence-electron chi connectivity index (χ3n) is 1.99. The molecule has 16 heavy (non-hydrogen) atoms. The molecule has 0 saturated carbocycles. The number of hydrogen-bond donors (Lipinski definition) is 1. The quantitative estimate of drug-likeness (QED) is 0.402. The van der Waals surface area contributed by atoms with Crippen molar-refractivity contribution in [3.05, 3.63) is 30.6 Å². The molecule has 0 aliphatic carbocycles. The van der Waals surface area contributed by atoms with Crippen molar-refractivity contribution >= 4 is 21.4 Å². The van der Waals surface area contributed by atoms with Crippen LogP contribution in [0.4, 0.5) is 0 Å². The normalized spacial score (nSPS) is 11.0. The van der Waals surface area contributed by atoms with Crippen LogP contribution in [0.25, 0.3) is 11.0 Å². The Morgan fingerprint density at radius 2 is 1.88 bits per heavy atom. The van der Waals surface area contributed by atoms with Crippen LogP contribution in [0.3, 0.4) is 0 Å². The average Bonchev–Trinajstić information content (AvgIpc) is 2.41. The van der Waals surface area contributed by atoms with Crippen LogP contribution in [0.5, 0.6) is 0 Å². The highest BCUT2D eigenvalue weighted by molar-refractivity contribution is 7.79. The Morgan fingerprint density at radius 3 is 2.38 bits per heavy atom. The predicted octanol–water partition coefficient (Wildman–Crippen LogP) is 0.00740. The minimum absolute atomic E-state index is 1.27. The second-order valence-corrected chi connectivity index (χ2v) is 4.11. The van der Waals surface area contributed by atoms with Crippen LogP contribution >= 0.6 is 0 Å². The molecule has 88 valence electrons. The van der Waals surface area contributed by atoms with E-state index in [9.17, 15) is 0 Å². The standard InChI is InChI=1S/C9H11N2.H2O4S/c1-10-7-11(2)9-6-4-3-5-8(9)10;1-5(2,3)4/h3-7H,1-2H3;(H2,1,2,3,4)/q+1;/p-1. The Balaban J connectivity index is 0.000000221. The summed E-state index contributed by atoms with van der Waals surface area (Å²) in [6.07, 6.45) is 2.07. The van der Waals surface area contributed by atoms with Gasteiger partial charge in [0.2, 0.25) is 16.7 Å². The molecule has 7 heteroatoms. The van der Waals surface area contributed by atoms with Crippen molar-refractivity contribution in [1.82, 2.24) is 4.57 Å². The van der Waals surface area contributed by atoms with E-state index in [2.05, 4.69) is 53.8 Å². The molecule has 1 heterocycles. The van der Waals surface area contributed by atoms with Crippen LogP contribution in [0, 0.1) is 0 Å². The Bertz CT molecular complexity index is 545. The largest absolute Gasteiger partial charge is 0.726 e. The number of fused-ring (bicyclic) bond motifs is 1. The van der Waals surface area contributed by atoms with Crippen molar-refractivity contribution in [3.63, 3.8) is 0 Å². The van der Waals surface area contributed by atoms with Crippen molar-refractivity contribution in [2.75, 3.05) is 0 Å². The molecular formula is C9H12N2O4S. The number of aromatic nitrogens is 2. The molecule has 0 radical (unpaired) electrons. The van der Waals surface area contributed by atoms with Gasteiger partial charge in [-0.25, -0.2) is 17.6 Å². The van der Waals surface area contributed by atoms with Crippen LogP contribution < -0.4 is 4.57 Å². The highest BCUT2D eigenvalue weighted by atomic mass is 32.3. The topological polar surface area (TPSA) is 86.2 Å². The van der Waals surface area contributed by atoms with Gasteiger partial charge in [-0.1, -0.05) is 12.1 Å². The van der Waals surface area contributed by atoms with Crippen molar-refractivity contribution in [2.45, 2.75) is 0 Å². The SMILES string of the molecule is Cn1c[n+](C)c2ccccc21.O=S(=O)([O-])O. The van der Waals surface area contributed by atoms with E-state index >= 15 is 0 Å². The zero-order valence-corrected chi connectivity index (χ0v) is 9.68. The van der Waals surface area contributed by atoms with E-state index in [1.165, 1.54) is 11.0 Å². The molecule has 0 unspecified atom stereocenters. The molecule has 0 atom stereocenters. The van der Waals surface area contributed by atoms with Gasteiger partial charge in [-0.05, 0) is 12.1 Å². The van der Waals surface area contributed by atoms with Gasteiger partial charge in [0.15, 0.2) is 11.0 Å². The lowest BCUT2D eigenvalue weighted by Crippen LogP contribution is -2.25. The molecule has 6 nitrogen and oxygen atoms in total. The third kappa shape index (κ3) is 3.61. The van der Waals surface area contributed by atoms with Crippen molar-refractivity contribution < 1.29 is 22.1 Å². The minimum Gasteiger partial charge on any atom is -0.726 e. The first kappa shape index (κ1) is 12.6. The fraction of sp³-hybridized carbons (Fsp3) is 0.222. The molecular weight excluding hydrogens is 232 g/mol. The number of benzene rings is 1. The summed E-state index contributed by atoms with van der Waals surface area (Å²) in [7, 11) is -0.801. The molecule has 0 fully saturated rings. The fourth-order valence-corrected chi connectivity index (χ4v) is 1.44. The van der Waals surface area contributed by atoms with E-state index in [4.69, 9.17) is 17.5 Å². The lowest BCUT2D eigenvalue weighted by Gasteiger charge is -1.88. The second-order valence-electron chi connectivity index (χ2n) is 3.25. The Hall–Kier alpha value is -1.44. The van der Waals surface area contributed by atoms with Gasteiger partial charge in [0, 0.05) is 0 Å². The van der Waals surface area contributed by atoms with Crippen LogP contribution in [-0.2, 0) is 24.5 Å². The Labute approximate surface area is 93.3 Å². The first-order valence-electron chi connectivity index (χ1n) is 4.37. The Morgan fingerprint density at radius 1 is 1.38 bits per heavy atom. The summed E-state index contributed by atoms with van der Waals surface area (Å²) in [5, 5.41) is 0. The van der Waals surface area contributed by atoms with E-state index < -0.39 is 10.4 Å². The molecule has 1 aromatic carbocycles. The monoisotopic (exact) mass is 244 g/mol. The zero-order valence-electron chi connectivity index (χ0n) is 8.86. The molecule has 0 amide bonds. The molecule has 1 aromatic heterocycles. The summed E-state index contributed by atoms with van der Waals surface area (Å²) >= 11 is 0. The second kappa shape index (κ2) is 4.60. The molecule has 0 aliphatic heterocycles. The number of imidazole rings is 1. The summed E-state index contributed by atoms with van der Waals surface area (Å²) < 4.78 is 37.1. The van der Waals surface area contributed by atoms with Gasteiger partial charge in [-0.15, -0.1) is 0 Å². The highest BCUT2D eigenvalue weighted by Gasteiger charge is 2.06. The van der Waals surface area contributed by atoms with Crippen molar-refractivity contribution in [1.29, 1.82) is 0 Å². The first-order valence-corrected chi connectivity index (χ1v) is 5.73. The third-order valence-corrected chi connectivity index (χ3v) is 1.99. The fourth-order valence-electron chi connectivity index (χ4n) is 1.44. The maximum Gasteiger partial charge on any atom is 0.244 e. The molecule has 0 aliphatic rings. The average molecular weight is 244 g/mol. The molecule has 1 N–H and O–H groups in total. The molecule has 0 saturated heterocycles. The van der Waals surface area contributed by atoms with Crippen molar-refractivity contribution in [3.8, 4) is 0 Å².